The lowest BCUT2D eigenvalue weighted by Crippen LogP contribution is -2.46. The molecule has 0 N–H and O–H groups in total. The number of fused-ring (bicyclic) bond motifs is 1. The molecule has 0 amide bonds. The van der Waals surface area contributed by atoms with Gasteiger partial charge in [-0.1, -0.05) is 41.4 Å². The highest BCUT2D eigenvalue weighted by Gasteiger charge is 2.19. The first-order valence-corrected chi connectivity index (χ1v) is 13.4. The molecule has 0 spiro atoms. The fourth-order valence-corrected chi connectivity index (χ4v) is 5.01. The lowest BCUT2D eigenvalue weighted by molar-refractivity contribution is 0.236. The van der Waals surface area contributed by atoms with Crippen LogP contribution in [0.25, 0.3) is 11.0 Å². The first-order valence-electron chi connectivity index (χ1n) is 12.6. The minimum atomic E-state index is 0.608. The molecule has 1 aliphatic rings. The average molecular weight is 540 g/mol. The third-order valence-corrected chi connectivity index (χ3v) is 7.52. The molecule has 0 unspecified atom stereocenters. The Morgan fingerprint density at radius 2 is 1.73 bits per heavy atom. The van der Waals surface area contributed by atoms with Crippen LogP contribution in [0.1, 0.15) is 18.4 Å². The Labute approximate surface area is 227 Å². The van der Waals surface area contributed by atoms with E-state index in [9.17, 15) is 0 Å². The molecule has 5 rings (SSSR count). The van der Waals surface area contributed by atoms with Crippen LogP contribution in [0.2, 0.25) is 10.0 Å². The van der Waals surface area contributed by atoms with Crippen LogP contribution in [0.5, 0.6) is 11.6 Å². The van der Waals surface area contributed by atoms with E-state index in [0.29, 0.717) is 29.1 Å². The van der Waals surface area contributed by atoms with Crippen molar-refractivity contribution < 1.29 is 9.47 Å². The van der Waals surface area contributed by atoms with E-state index >= 15 is 0 Å². The third-order valence-electron chi connectivity index (χ3n) is 6.71. The zero-order valence-electron chi connectivity index (χ0n) is 20.9. The van der Waals surface area contributed by atoms with Crippen molar-refractivity contribution in [1.82, 2.24) is 19.7 Å². The van der Waals surface area contributed by atoms with Crippen LogP contribution < -0.4 is 14.4 Å². The van der Waals surface area contributed by atoms with E-state index < -0.39 is 0 Å². The summed E-state index contributed by atoms with van der Waals surface area (Å²) in [5, 5.41) is 6.77. The smallest absolute Gasteiger partial charge is 0.215 e. The Balaban J connectivity index is 1.06. The first-order chi connectivity index (χ1) is 18.1. The van der Waals surface area contributed by atoms with Gasteiger partial charge < -0.3 is 14.4 Å². The maximum absolute atomic E-state index is 6.40. The number of anilines is 1. The summed E-state index contributed by atoms with van der Waals surface area (Å²) in [7, 11) is 1.67. The van der Waals surface area contributed by atoms with Gasteiger partial charge in [0.05, 0.1) is 42.2 Å². The van der Waals surface area contributed by atoms with E-state index in [2.05, 4.69) is 14.9 Å². The van der Waals surface area contributed by atoms with Crippen molar-refractivity contribution in [2.24, 2.45) is 0 Å². The number of piperazine rings is 1. The van der Waals surface area contributed by atoms with Crippen LogP contribution in [0.15, 0.2) is 60.8 Å². The second kappa shape index (κ2) is 12.0. The summed E-state index contributed by atoms with van der Waals surface area (Å²) >= 11 is 12.6. The highest BCUT2D eigenvalue weighted by atomic mass is 35.5. The third kappa shape index (κ3) is 6.29. The van der Waals surface area contributed by atoms with Gasteiger partial charge in [-0.25, -0.2) is 4.68 Å². The monoisotopic (exact) mass is 539 g/mol. The van der Waals surface area contributed by atoms with Gasteiger partial charge in [0, 0.05) is 37.6 Å². The molecule has 0 radical (unpaired) electrons. The number of pyridine rings is 1. The Kier molecular flexibility index (Phi) is 8.34. The van der Waals surface area contributed by atoms with Gasteiger partial charge in [0.1, 0.15) is 5.75 Å². The van der Waals surface area contributed by atoms with Crippen molar-refractivity contribution >= 4 is 39.9 Å². The second-order valence-electron chi connectivity index (χ2n) is 9.17. The number of aromatic nitrogens is 3. The molecule has 37 heavy (non-hydrogen) atoms. The van der Waals surface area contributed by atoms with Crippen LogP contribution in [-0.4, -0.2) is 66.1 Å². The average Bonchev–Trinajstić information content (AvgIpc) is 3.33. The molecule has 2 aromatic carbocycles. The summed E-state index contributed by atoms with van der Waals surface area (Å²) < 4.78 is 13.1. The second-order valence-corrected chi connectivity index (χ2v) is 9.95. The number of ether oxygens (including phenoxy) is 2. The Morgan fingerprint density at radius 3 is 2.51 bits per heavy atom. The Bertz CT molecular complexity index is 1320. The number of methoxy groups -OCH3 is 1. The predicted octanol–water partition coefficient (Wildman–Crippen LogP) is 5.78. The van der Waals surface area contributed by atoms with Crippen molar-refractivity contribution in [1.29, 1.82) is 0 Å². The van der Waals surface area contributed by atoms with E-state index in [4.69, 9.17) is 37.7 Å². The van der Waals surface area contributed by atoms with E-state index in [1.54, 1.807) is 7.11 Å². The number of hydrogen-bond acceptors (Lipinski definition) is 6. The fraction of sp³-hybridized carbons (Fsp3) is 0.357. The van der Waals surface area contributed by atoms with Gasteiger partial charge in [0.2, 0.25) is 5.88 Å². The molecule has 0 atom stereocenters. The van der Waals surface area contributed by atoms with Gasteiger partial charge in [-0.15, -0.1) is 0 Å². The normalized spacial score (nSPS) is 14.3. The van der Waals surface area contributed by atoms with Gasteiger partial charge in [-0.2, -0.15) is 10.1 Å². The van der Waals surface area contributed by atoms with Crippen molar-refractivity contribution in [2.75, 3.05) is 51.3 Å². The quantitative estimate of drug-likeness (QED) is 0.238. The zero-order valence-corrected chi connectivity index (χ0v) is 22.5. The predicted molar refractivity (Wildman–Crippen MR) is 149 cm³/mol. The van der Waals surface area contributed by atoms with Crippen LogP contribution in [0.3, 0.4) is 0 Å². The van der Waals surface area contributed by atoms with E-state index in [1.165, 1.54) is 0 Å². The van der Waals surface area contributed by atoms with Gasteiger partial charge >= 0.3 is 0 Å². The molecular weight excluding hydrogens is 509 g/mol. The number of rotatable bonds is 10. The number of halogens is 2. The molecule has 0 saturated carbocycles. The van der Waals surface area contributed by atoms with Crippen LogP contribution >= 0.6 is 23.2 Å². The Morgan fingerprint density at radius 1 is 0.919 bits per heavy atom. The van der Waals surface area contributed by atoms with Crippen molar-refractivity contribution in [3.8, 4) is 11.6 Å². The molecule has 1 fully saturated rings. The number of unbranched alkanes of at least 4 members (excludes halogenated alkanes) is 1. The lowest BCUT2D eigenvalue weighted by Gasteiger charge is -2.36. The minimum absolute atomic E-state index is 0.608. The molecule has 9 heteroatoms. The van der Waals surface area contributed by atoms with Crippen molar-refractivity contribution in [3.63, 3.8) is 0 Å². The number of benzene rings is 2. The molecule has 1 saturated heterocycles. The standard InChI is InChI=1S/C28H31Cl2N5O2/c1-36-23-10-7-21(8-11-23)20-35-28-22(19-31-35)9-12-26(32-28)37-18-3-2-13-33-14-16-34(17-15-33)25-6-4-5-24(29)27(25)30/h4-12,19H,2-3,13-18,20H2,1H3. The maximum atomic E-state index is 6.40. The van der Waals surface area contributed by atoms with Crippen LogP contribution in [0.4, 0.5) is 5.69 Å². The van der Waals surface area contributed by atoms with Crippen LogP contribution in [0, 0.1) is 0 Å². The lowest BCUT2D eigenvalue weighted by atomic mass is 10.2. The molecule has 7 nitrogen and oxygen atoms in total. The van der Waals surface area contributed by atoms with Crippen LogP contribution in [-0.2, 0) is 6.54 Å². The highest BCUT2D eigenvalue weighted by molar-refractivity contribution is 6.43. The molecule has 3 heterocycles. The molecule has 1 aliphatic heterocycles. The number of hydrogen-bond donors (Lipinski definition) is 0. The fourth-order valence-electron chi connectivity index (χ4n) is 4.60. The van der Waals surface area contributed by atoms with Crippen molar-refractivity contribution in [3.05, 3.63) is 76.4 Å². The Hall–Kier alpha value is -3.00. The first kappa shape index (κ1) is 25.6. The van der Waals surface area contributed by atoms with Gasteiger partial charge in [-0.3, -0.25) is 4.90 Å². The minimum Gasteiger partial charge on any atom is -0.497 e. The summed E-state index contributed by atoms with van der Waals surface area (Å²) in [6.07, 6.45) is 3.90. The van der Waals surface area contributed by atoms with Gasteiger partial charge in [0.25, 0.3) is 0 Å². The van der Waals surface area contributed by atoms with Crippen molar-refractivity contribution in [2.45, 2.75) is 19.4 Å². The summed E-state index contributed by atoms with van der Waals surface area (Å²) in [5.74, 6) is 1.48. The van der Waals surface area contributed by atoms with E-state index in [1.807, 2.05) is 65.5 Å². The molecule has 0 aliphatic carbocycles. The van der Waals surface area contributed by atoms with Gasteiger partial charge in [-0.05, 0) is 55.3 Å². The summed E-state index contributed by atoms with van der Waals surface area (Å²) in [6.45, 7) is 6.27. The topological polar surface area (TPSA) is 55.7 Å². The maximum Gasteiger partial charge on any atom is 0.215 e. The summed E-state index contributed by atoms with van der Waals surface area (Å²) in [5.41, 5.74) is 2.98. The summed E-state index contributed by atoms with van der Waals surface area (Å²) in [4.78, 5) is 9.53. The SMILES string of the molecule is COc1ccc(Cn2ncc3ccc(OCCCCN4CCN(c5cccc(Cl)c5Cl)CC4)nc32)cc1. The van der Waals surface area contributed by atoms with E-state index in [-0.39, 0.29) is 0 Å². The number of nitrogens with zero attached hydrogens (tertiary/aromatic N) is 5. The molecule has 4 aromatic rings. The zero-order chi connectivity index (χ0) is 25.6. The molecule has 0 bridgehead atoms. The summed E-state index contributed by atoms with van der Waals surface area (Å²) in [6, 6.07) is 17.8. The molecule has 194 valence electrons. The van der Waals surface area contributed by atoms with E-state index in [0.717, 1.165) is 73.6 Å². The highest BCUT2D eigenvalue weighted by Crippen LogP contribution is 2.32. The molecule has 2 aromatic heterocycles. The van der Waals surface area contributed by atoms with Gasteiger partial charge in [0.15, 0.2) is 5.65 Å². The molecular formula is C28H31Cl2N5O2. The largest absolute Gasteiger partial charge is 0.497 e.